The molecule has 0 aromatic carbocycles. The van der Waals surface area contributed by atoms with Crippen molar-refractivity contribution in [2.45, 2.75) is 59.6 Å². The van der Waals surface area contributed by atoms with E-state index in [9.17, 15) is 0 Å². The molecule has 0 saturated carbocycles. The molecule has 1 aliphatic rings. The van der Waals surface area contributed by atoms with E-state index >= 15 is 0 Å². The van der Waals surface area contributed by atoms with Gasteiger partial charge in [0.05, 0.1) is 6.10 Å². The Morgan fingerprint density at radius 3 is 2.58 bits per heavy atom. The maximum Gasteiger partial charge on any atom is 0.191 e. The molecule has 4 nitrogen and oxygen atoms in total. The van der Waals surface area contributed by atoms with Gasteiger partial charge in [-0.2, -0.15) is 0 Å². The molecule has 1 fully saturated rings. The number of nitrogens with zero attached hydrogens (tertiary/aromatic N) is 1. The van der Waals surface area contributed by atoms with Crippen LogP contribution in [0, 0.1) is 11.3 Å². The first kappa shape index (κ1) is 16.3. The minimum Gasteiger partial charge on any atom is -0.377 e. The van der Waals surface area contributed by atoms with Crippen molar-refractivity contribution in [1.29, 1.82) is 0 Å². The third-order valence-corrected chi connectivity index (χ3v) is 3.48. The Kier molecular flexibility index (Phi) is 6.11. The highest BCUT2D eigenvalue weighted by atomic mass is 16.5. The summed E-state index contributed by atoms with van der Waals surface area (Å²) in [6, 6.07) is 0.396. The molecule has 2 N–H and O–H groups in total. The van der Waals surface area contributed by atoms with Crippen LogP contribution in [0.25, 0.3) is 0 Å². The van der Waals surface area contributed by atoms with Gasteiger partial charge < -0.3 is 15.4 Å². The molecule has 0 radical (unpaired) electrons. The van der Waals surface area contributed by atoms with Crippen LogP contribution in [0.1, 0.15) is 47.5 Å². The molecule has 0 aromatic rings. The van der Waals surface area contributed by atoms with Crippen LogP contribution in [0.5, 0.6) is 0 Å². The fourth-order valence-corrected chi connectivity index (χ4v) is 2.71. The summed E-state index contributed by atoms with van der Waals surface area (Å²) in [5, 5.41) is 6.75. The maximum absolute atomic E-state index is 6.00. The van der Waals surface area contributed by atoms with E-state index in [2.05, 4.69) is 50.2 Å². The van der Waals surface area contributed by atoms with Crippen molar-refractivity contribution in [3.63, 3.8) is 0 Å². The van der Waals surface area contributed by atoms with Gasteiger partial charge in [0.1, 0.15) is 0 Å². The zero-order valence-corrected chi connectivity index (χ0v) is 13.4. The highest BCUT2D eigenvalue weighted by Crippen LogP contribution is 2.33. The molecule has 2 atom stereocenters. The third-order valence-electron chi connectivity index (χ3n) is 3.48. The number of guanidine groups is 1. The molecule has 0 aliphatic carbocycles. The fraction of sp³-hybridized carbons (Fsp3) is 0.933. The lowest BCUT2D eigenvalue weighted by molar-refractivity contribution is -0.0835. The Balaban J connectivity index is 2.53. The van der Waals surface area contributed by atoms with Crippen molar-refractivity contribution in [2.24, 2.45) is 16.3 Å². The lowest BCUT2D eigenvalue weighted by atomic mass is 9.78. The number of rotatable bonds is 3. The van der Waals surface area contributed by atoms with Crippen LogP contribution < -0.4 is 10.6 Å². The lowest BCUT2D eigenvalue weighted by Crippen LogP contribution is -2.48. The van der Waals surface area contributed by atoms with Gasteiger partial charge in [-0.15, -0.1) is 0 Å². The van der Waals surface area contributed by atoms with E-state index in [1.54, 1.807) is 0 Å². The Morgan fingerprint density at radius 1 is 1.37 bits per heavy atom. The first-order valence-electron chi connectivity index (χ1n) is 7.43. The largest absolute Gasteiger partial charge is 0.377 e. The molecule has 0 spiro atoms. The number of aliphatic imine (C=N–C) groups is 1. The van der Waals surface area contributed by atoms with E-state index in [-0.39, 0.29) is 5.41 Å². The van der Waals surface area contributed by atoms with Crippen molar-refractivity contribution in [3.05, 3.63) is 0 Å². The van der Waals surface area contributed by atoms with Gasteiger partial charge in [-0.3, -0.25) is 4.99 Å². The molecule has 19 heavy (non-hydrogen) atoms. The third kappa shape index (κ3) is 5.39. The first-order chi connectivity index (χ1) is 8.84. The minimum atomic E-state index is 0.196. The van der Waals surface area contributed by atoms with Gasteiger partial charge in [-0.05, 0) is 32.1 Å². The summed E-state index contributed by atoms with van der Waals surface area (Å²) in [6.45, 7) is 12.8. The van der Waals surface area contributed by atoms with Gasteiger partial charge in [0.2, 0.25) is 0 Å². The summed E-state index contributed by atoms with van der Waals surface area (Å²) < 4.78 is 6.00. The van der Waals surface area contributed by atoms with Gasteiger partial charge in [0.25, 0.3) is 0 Å². The minimum absolute atomic E-state index is 0.196. The van der Waals surface area contributed by atoms with Crippen LogP contribution in [0.15, 0.2) is 4.99 Å². The van der Waals surface area contributed by atoms with Crippen LogP contribution >= 0.6 is 0 Å². The van der Waals surface area contributed by atoms with Crippen molar-refractivity contribution in [1.82, 2.24) is 10.6 Å². The summed E-state index contributed by atoms with van der Waals surface area (Å²) in [4.78, 5) is 4.25. The van der Waals surface area contributed by atoms with Gasteiger partial charge >= 0.3 is 0 Å². The van der Waals surface area contributed by atoms with Crippen LogP contribution in [0.2, 0.25) is 0 Å². The Bertz CT molecular complexity index is 294. The summed E-state index contributed by atoms with van der Waals surface area (Å²) in [6.07, 6.45) is 2.72. The summed E-state index contributed by atoms with van der Waals surface area (Å²) >= 11 is 0. The Labute approximate surface area is 118 Å². The van der Waals surface area contributed by atoms with Crippen LogP contribution in [0.3, 0.4) is 0 Å². The van der Waals surface area contributed by atoms with Crippen molar-refractivity contribution in [2.75, 3.05) is 20.2 Å². The second-order valence-corrected chi connectivity index (χ2v) is 6.81. The zero-order valence-electron chi connectivity index (χ0n) is 13.4. The van der Waals surface area contributed by atoms with Gasteiger partial charge in [0, 0.05) is 32.2 Å². The van der Waals surface area contributed by atoms with Crippen molar-refractivity contribution in [3.8, 4) is 0 Å². The molecule has 1 heterocycles. The smallest absolute Gasteiger partial charge is 0.191 e. The second kappa shape index (κ2) is 7.13. The first-order valence-corrected chi connectivity index (χ1v) is 7.43. The zero-order chi connectivity index (χ0) is 14.5. The molecule has 4 heteroatoms. The average Bonchev–Trinajstić information content (AvgIpc) is 2.33. The molecule has 0 aromatic heterocycles. The summed E-state index contributed by atoms with van der Waals surface area (Å²) in [7, 11) is 1.82. The highest BCUT2D eigenvalue weighted by Gasteiger charge is 2.35. The van der Waals surface area contributed by atoms with Crippen LogP contribution in [-0.4, -0.2) is 38.3 Å². The predicted molar refractivity (Wildman–Crippen MR) is 81.6 cm³/mol. The summed E-state index contributed by atoms with van der Waals surface area (Å²) in [5.41, 5.74) is 0.196. The number of nitrogens with one attached hydrogen (secondary N) is 2. The van der Waals surface area contributed by atoms with E-state index in [4.69, 9.17) is 4.74 Å². The van der Waals surface area contributed by atoms with Gasteiger partial charge in [-0.1, -0.05) is 20.8 Å². The quantitative estimate of drug-likeness (QED) is 0.611. The number of ether oxygens (including phenoxy) is 1. The molecule has 1 rings (SSSR count). The maximum atomic E-state index is 6.00. The summed E-state index contributed by atoms with van der Waals surface area (Å²) in [5.74, 6) is 1.44. The van der Waals surface area contributed by atoms with Crippen LogP contribution in [-0.2, 0) is 4.74 Å². The number of hydrogen-bond acceptors (Lipinski definition) is 2. The molecule has 112 valence electrons. The van der Waals surface area contributed by atoms with Crippen molar-refractivity contribution >= 4 is 5.96 Å². The molecular formula is C15H31N3O. The van der Waals surface area contributed by atoms with E-state index in [1.165, 1.54) is 6.42 Å². The molecular weight excluding hydrogens is 238 g/mol. The SMILES string of the molecule is CN=C(NCC1CCCOC1C(C)(C)C)NC(C)C. The topological polar surface area (TPSA) is 45.7 Å². The Morgan fingerprint density at radius 2 is 2.05 bits per heavy atom. The van der Waals surface area contributed by atoms with Gasteiger partial charge in [0.15, 0.2) is 5.96 Å². The Hall–Kier alpha value is -0.770. The standard InChI is InChI=1S/C15H31N3O/c1-11(2)18-14(16-6)17-10-12-8-7-9-19-13(12)15(3,4)5/h11-13H,7-10H2,1-6H3,(H2,16,17,18). The molecule has 1 saturated heterocycles. The van der Waals surface area contributed by atoms with E-state index < -0.39 is 0 Å². The lowest BCUT2D eigenvalue weighted by Gasteiger charge is -2.40. The monoisotopic (exact) mass is 269 g/mol. The van der Waals surface area contributed by atoms with Crippen LogP contribution in [0.4, 0.5) is 0 Å². The second-order valence-electron chi connectivity index (χ2n) is 6.81. The van der Waals surface area contributed by atoms with E-state index in [1.807, 2.05) is 7.05 Å². The predicted octanol–water partition coefficient (Wildman–Crippen LogP) is 2.40. The molecule has 2 unspecified atom stereocenters. The average molecular weight is 269 g/mol. The van der Waals surface area contributed by atoms with E-state index in [0.29, 0.717) is 18.1 Å². The molecule has 0 amide bonds. The van der Waals surface area contributed by atoms with Crippen molar-refractivity contribution < 1.29 is 4.74 Å². The van der Waals surface area contributed by atoms with Gasteiger partial charge in [-0.25, -0.2) is 0 Å². The fourth-order valence-electron chi connectivity index (χ4n) is 2.71. The molecule has 0 bridgehead atoms. The van der Waals surface area contributed by atoms with E-state index in [0.717, 1.165) is 25.5 Å². The highest BCUT2D eigenvalue weighted by molar-refractivity contribution is 5.79. The number of hydrogen-bond donors (Lipinski definition) is 2. The normalized spacial score (nSPS) is 25.5. The molecule has 1 aliphatic heterocycles.